The van der Waals surface area contributed by atoms with Crippen LogP contribution < -0.4 is 11.1 Å². The molecular formula is C8H18N2O2. The third-order valence-corrected chi connectivity index (χ3v) is 1.61. The van der Waals surface area contributed by atoms with Crippen LogP contribution in [0.5, 0.6) is 0 Å². The van der Waals surface area contributed by atoms with Crippen LogP contribution in [0.4, 0.5) is 0 Å². The minimum atomic E-state index is -0.497. The van der Waals surface area contributed by atoms with Crippen LogP contribution in [0.1, 0.15) is 27.2 Å². The van der Waals surface area contributed by atoms with Gasteiger partial charge < -0.3 is 16.2 Å². The number of nitrogens with two attached hydrogens (primary N) is 1. The van der Waals surface area contributed by atoms with Gasteiger partial charge in [-0.05, 0) is 27.2 Å². The molecule has 0 unspecified atom stereocenters. The van der Waals surface area contributed by atoms with Gasteiger partial charge in [-0.1, -0.05) is 0 Å². The maximum Gasteiger partial charge on any atom is 0.237 e. The molecule has 12 heavy (non-hydrogen) atoms. The Morgan fingerprint density at radius 3 is 2.50 bits per heavy atom. The summed E-state index contributed by atoms with van der Waals surface area (Å²) in [6.07, 6.45) is 0.533. The standard InChI is InChI=1S/C8H18N2O2/c1-6(9)7(12)10-8(2,3)4-5-11/h6,11H,4-5,9H2,1-3H3,(H,10,12)/t6-/m0/s1. The Labute approximate surface area is 73.1 Å². The lowest BCUT2D eigenvalue weighted by atomic mass is 10.0. The highest BCUT2D eigenvalue weighted by Gasteiger charge is 2.20. The van der Waals surface area contributed by atoms with Gasteiger partial charge in [-0.25, -0.2) is 0 Å². The van der Waals surface area contributed by atoms with Crippen molar-refractivity contribution in [2.24, 2.45) is 5.73 Å². The van der Waals surface area contributed by atoms with Gasteiger partial charge in [0.1, 0.15) is 0 Å². The van der Waals surface area contributed by atoms with Crippen LogP contribution in [-0.2, 0) is 4.79 Å². The first-order valence-corrected chi connectivity index (χ1v) is 4.07. The predicted octanol–water partition coefficient (Wildman–Crippen LogP) is -0.389. The Balaban J connectivity index is 3.96. The Hall–Kier alpha value is -0.610. The summed E-state index contributed by atoms with van der Waals surface area (Å²) in [7, 11) is 0. The lowest BCUT2D eigenvalue weighted by molar-refractivity contribution is -0.123. The molecular weight excluding hydrogens is 156 g/mol. The molecule has 1 atom stereocenters. The molecule has 0 rings (SSSR count). The molecule has 0 aromatic rings. The molecule has 0 aromatic heterocycles. The lowest BCUT2D eigenvalue weighted by Gasteiger charge is -2.26. The summed E-state index contributed by atoms with van der Waals surface area (Å²) in [5, 5.41) is 11.4. The van der Waals surface area contributed by atoms with E-state index in [9.17, 15) is 4.79 Å². The second-order valence-electron chi connectivity index (χ2n) is 3.64. The molecule has 0 bridgehead atoms. The third kappa shape index (κ3) is 4.31. The van der Waals surface area contributed by atoms with Gasteiger partial charge in [-0.3, -0.25) is 4.79 Å². The Morgan fingerprint density at radius 2 is 2.17 bits per heavy atom. The number of rotatable bonds is 4. The zero-order valence-corrected chi connectivity index (χ0v) is 7.92. The number of carbonyl (C=O) groups is 1. The maximum absolute atomic E-state index is 11.1. The Morgan fingerprint density at radius 1 is 1.67 bits per heavy atom. The monoisotopic (exact) mass is 174 g/mol. The van der Waals surface area contributed by atoms with Crippen LogP contribution in [0, 0.1) is 0 Å². The average Bonchev–Trinajstić information content (AvgIpc) is 1.85. The van der Waals surface area contributed by atoms with Gasteiger partial charge >= 0.3 is 0 Å². The summed E-state index contributed by atoms with van der Waals surface area (Å²) >= 11 is 0. The molecule has 0 aliphatic carbocycles. The van der Waals surface area contributed by atoms with E-state index in [1.165, 1.54) is 0 Å². The topological polar surface area (TPSA) is 75.4 Å². The molecule has 0 fully saturated rings. The van der Waals surface area contributed by atoms with E-state index in [1.54, 1.807) is 6.92 Å². The second-order valence-corrected chi connectivity index (χ2v) is 3.64. The first-order valence-electron chi connectivity index (χ1n) is 4.07. The highest BCUT2D eigenvalue weighted by Crippen LogP contribution is 2.06. The van der Waals surface area contributed by atoms with Gasteiger partial charge in [0.15, 0.2) is 0 Å². The molecule has 0 saturated carbocycles. The molecule has 0 aromatic carbocycles. The van der Waals surface area contributed by atoms with Gasteiger partial charge in [-0.15, -0.1) is 0 Å². The fourth-order valence-corrected chi connectivity index (χ4v) is 0.789. The first kappa shape index (κ1) is 11.4. The van der Waals surface area contributed by atoms with Crippen LogP contribution in [-0.4, -0.2) is 29.2 Å². The molecule has 72 valence electrons. The van der Waals surface area contributed by atoms with Crippen molar-refractivity contribution in [1.29, 1.82) is 0 Å². The predicted molar refractivity (Wildman–Crippen MR) is 47.6 cm³/mol. The van der Waals surface area contributed by atoms with Crippen molar-refractivity contribution in [3.8, 4) is 0 Å². The summed E-state index contributed by atoms with van der Waals surface area (Å²) in [5.74, 6) is -0.187. The van der Waals surface area contributed by atoms with Crippen molar-refractivity contribution in [3.63, 3.8) is 0 Å². The smallest absolute Gasteiger partial charge is 0.237 e. The minimum absolute atomic E-state index is 0.0617. The number of amides is 1. The second kappa shape index (κ2) is 4.42. The molecule has 0 heterocycles. The van der Waals surface area contributed by atoms with Crippen LogP contribution >= 0.6 is 0 Å². The third-order valence-electron chi connectivity index (χ3n) is 1.61. The Bertz CT molecular complexity index is 155. The number of nitrogens with one attached hydrogen (secondary N) is 1. The molecule has 4 N–H and O–H groups in total. The van der Waals surface area contributed by atoms with Crippen LogP contribution in [0.2, 0.25) is 0 Å². The zero-order valence-electron chi connectivity index (χ0n) is 7.92. The summed E-state index contributed by atoms with van der Waals surface area (Å²) in [6, 6.07) is -0.497. The molecule has 0 spiro atoms. The van der Waals surface area contributed by atoms with Gasteiger partial charge in [0.2, 0.25) is 5.91 Å². The number of hydrogen-bond donors (Lipinski definition) is 3. The zero-order chi connectivity index (χ0) is 9.78. The van der Waals surface area contributed by atoms with E-state index >= 15 is 0 Å². The van der Waals surface area contributed by atoms with E-state index in [0.717, 1.165) is 0 Å². The van der Waals surface area contributed by atoms with Crippen molar-refractivity contribution >= 4 is 5.91 Å². The fourth-order valence-electron chi connectivity index (χ4n) is 0.789. The molecule has 0 radical (unpaired) electrons. The van der Waals surface area contributed by atoms with E-state index in [4.69, 9.17) is 10.8 Å². The first-order chi connectivity index (χ1) is 5.39. The molecule has 0 aliphatic rings. The summed E-state index contributed by atoms with van der Waals surface area (Å²) in [6.45, 7) is 5.39. The lowest BCUT2D eigenvalue weighted by Crippen LogP contribution is -2.49. The molecule has 4 nitrogen and oxygen atoms in total. The van der Waals surface area contributed by atoms with Gasteiger partial charge in [0, 0.05) is 12.1 Å². The Kier molecular flexibility index (Phi) is 4.20. The number of aliphatic hydroxyl groups excluding tert-OH is 1. The molecule has 0 saturated heterocycles. The van der Waals surface area contributed by atoms with Crippen LogP contribution in [0.3, 0.4) is 0 Å². The van der Waals surface area contributed by atoms with Crippen molar-refractivity contribution in [2.75, 3.05) is 6.61 Å². The average molecular weight is 174 g/mol. The van der Waals surface area contributed by atoms with E-state index in [2.05, 4.69) is 5.32 Å². The number of carbonyl (C=O) groups excluding carboxylic acids is 1. The van der Waals surface area contributed by atoms with Crippen LogP contribution in [0.15, 0.2) is 0 Å². The normalized spacial score (nSPS) is 14.1. The fraction of sp³-hybridized carbons (Fsp3) is 0.875. The highest BCUT2D eigenvalue weighted by atomic mass is 16.3. The SMILES string of the molecule is C[C@H](N)C(=O)NC(C)(C)CCO. The van der Waals surface area contributed by atoms with E-state index < -0.39 is 6.04 Å². The van der Waals surface area contributed by atoms with Crippen molar-refractivity contribution in [2.45, 2.75) is 38.8 Å². The van der Waals surface area contributed by atoms with Gasteiger partial charge in [-0.2, -0.15) is 0 Å². The molecule has 4 heteroatoms. The van der Waals surface area contributed by atoms with E-state index in [1.807, 2.05) is 13.8 Å². The van der Waals surface area contributed by atoms with E-state index in [-0.39, 0.29) is 18.1 Å². The maximum atomic E-state index is 11.1. The van der Waals surface area contributed by atoms with Crippen LogP contribution in [0.25, 0.3) is 0 Å². The van der Waals surface area contributed by atoms with Crippen molar-refractivity contribution in [3.05, 3.63) is 0 Å². The summed E-state index contributed by atoms with van der Waals surface area (Å²) in [5.41, 5.74) is 4.99. The van der Waals surface area contributed by atoms with Crippen molar-refractivity contribution in [1.82, 2.24) is 5.32 Å². The highest BCUT2D eigenvalue weighted by molar-refractivity contribution is 5.81. The summed E-state index contributed by atoms with van der Waals surface area (Å²) in [4.78, 5) is 11.1. The number of aliphatic hydroxyl groups is 1. The molecule has 0 aliphatic heterocycles. The van der Waals surface area contributed by atoms with Gasteiger partial charge in [0.25, 0.3) is 0 Å². The number of hydrogen-bond acceptors (Lipinski definition) is 3. The summed E-state index contributed by atoms with van der Waals surface area (Å²) < 4.78 is 0. The minimum Gasteiger partial charge on any atom is -0.396 e. The molecule has 1 amide bonds. The largest absolute Gasteiger partial charge is 0.396 e. The van der Waals surface area contributed by atoms with E-state index in [0.29, 0.717) is 6.42 Å². The quantitative estimate of drug-likeness (QED) is 0.543. The van der Waals surface area contributed by atoms with Crippen molar-refractivity contribution < 1.29 is 9.90 Å². The van der Waals surface area contributed by atoms with Gasteiger partial charge in [0.05, 0.1) is 6.04 Å².